The zero-order valence-electron chi connectivity index (χ0n) is 9.82. The van der Waals surface area contributed by atoms with E-state index in [9.17, 15) is 0 Å². The fourth-order valence-corrected chi connectivity index (χ4v) is 2.55. The molecule has 2 unspecified atom stereocenters. The van der Waals surface area contributed by atoms with Gasteiger partial charge >= 0.3 is 0 Å². The van der Waals surface area contributed by atoms with E-state index in [2.05, 4.69) is 15.1 Å². The molecule has 2 atom stereocenters. The standard InChI is InChI=1S/C11H15N5S/c1-8(12)10(9-4-3-5-13-6-9)17-11-14-7-15-16(11)2/h3-8,10H,12H2,1-2H3. The second-order valence-corrected chi connectivity index (χ2v) is 4.96. The second kappa shape index (κ2) is 5.29. The predicted octanol–water partition coefficient (Wildman–Crippen LogP) is 1.39. The Morgan fingerprint density at radius 2 is 2.29 bits per heavy atom. The van der Waals surface area contributed by atoms with E-state index in [1.54, 1.807) is 29.0 Å². The topological polar surface area (TPSA) is 69.6 Å². The molecular weight excluding hydrogens is 234 g/mol. The first-order valence-corrected chi connectivity index (χ1v) is 6.22. The van der Waals surface area contributed by atoms with Crippen LogP contribution < -0.4 is 5.73 Å². The van der Waals surface area contributed by atoms with E-state index >= 15 is 0 Å². The maximum Gasteiger partial charge on any atom is 0.186 e. The van der Waals surface area contributed by atoms with Crippen LogP contribution in [0, 0.1) is 0 Å². The molecule has 2 rings (SSSR count). The number of hydrogen-bond acceptors (Lipinski definition) is 5. The molecule has 2 heterocycles. The Labute approximate surface area is 104 Å². The van der Waals surface area contributed by atoms with Gasteiger partial charge < -0.3 is 5.73 Å². The van der Waals surface area contributed by atoms with E-state index < -0.39 is 0 Å². The largest absolute Gasteiger partial charge is 0.327 e. The van der Waals surface area contributed by atoms with Crippen molar-refractivity contribution >= 4 is 11.8 Å². The number of aryl methyl sites for hydroxylation is 1. The molecule has 6 heteroatoms. The van der Waals surface area contributed by atoms with Crippen molar-refractivity contribution in [1.82, 2.24) is 19.7 Å². The maximum atomic E-state index is 6.03. The summed E-state index contributed by atoms with van der Waals surface area (Å²) in [4.78, 5) is 8.33. The quantitative estimate of drug-likeness (QED) is 0.829. The minimum Gasteiger partial charge on any atom is -0.327 e. The van der Waals surface area contributed by atoms with Gasteiger partial charge in [0.05, 0.1) is 5.25 Å². The SMILES string of the molecule is CC(N)C(Sc1ncnn1C)c1cccnc1. The molecule has 5 nitrogen and oxygen atoms in total. The zero-order valence-corrected chi connectivity index (χ0v) is 10.6. The minimum absolute atomic E-state index is 0.0147. The maximum absolute atomic E-state index is 6.03. The van der Waals surface area contributed by atoms with Crippen molar-refractivity contribution < 1.29 is 0 Å². The second-order valence-electron chi connectivity index (χ2n) is 3.85. The molecule has 2 aromatic heterocycles. The Morgan fingerprint density at radius 1 is 1.47 bits per heavy atom. The van der Waals surface area contributed by atoms with E-state index in [-0.39, 0.29) is 11.3 Å². The Balaban J connectivity index is 2.22. The van der Waals surface area contributed by atoms with Crippen molar-refractivity contribution in [3.05, 3.63) is 36.4 Å². The third-order valence-corrected chi connectivity index (χ3v) is 3.93. The molecular formula is C11H15N5S. The van der Waals surface area contributed by atoms with Crippen LogP contribution in [-0.4, -0.2) is 25.8 Å². The molecule has 2 N–H and O–H groups in total. The molecule has 0 fully saturated rings. The Bertz CT molecular complexity index is 468. The van der Waals surface area contributed by atoms with Crippen molar-refractivity contribution in [1.29, 1.82) is 0 Å². The highest BCUT2D eigenvalue weighted by Gasteiger charge is 2.20. The lowest BCUT2D eigenvalue weighted by Gasteiger charge is -2.19. The van der Waals surface area contributed by atoms with Crippen LogP contribution in [0.5, 0.6) is 0 Å². The zero-order chi connectivity index (χ0) is 12.3. The third kappa shape index (κ3) is 2.83. The lowest BCUT2D eigenvalue weighted by atomic mass is 10.1. The summed E-state index contributed by atoms with van der Waals surface area (Å²) in [7, 11) is 1.87. The highest BCUT2D eigenvalue weighted by atomic mass is 32.2. The van der Waals surface area contributed by atoms with Crippen molar-refractivity contribution in [3.8, 4) is 0 Å². The van der Waals surface area contributed by atoms with Crippen molar-refractivity contribution in [2.45, 2.75) is 23.4 Å². The van der Waals surface area contributed by atoms with Crippen LogP contribution in [0.2, 0.25) is 0 Å². The number of thioether (sulfide) groups is 1. The van der Waals surface area contributed by atoms with E-state index in [0.717, 1.165) is 10.7 Å². The number of pyridine rings is 1. The molecule has 0 aliphatic carbocycles. The van der Waals surface area contributed by atoms with Gasteiger partial charge in [-0.3, -0.25) is 4.98 Å². The van der Waals surface area contributed by atoms with Gasteiger partial charge in [0.15, 0.2) is 5.16 Å². The summed E-state index contributed by atoms with van der Waals surface area (Å²) in [6, 6.07) is 3.97. The summed E-state index contributed by atoms with van der Waals surface area (Å²) in [5.74, 6) is 0. The van der Waals surface area contributed by atoms with Gasteiger partial charge in [-0.2, -0.15) is 5.10 Å². The highest BCUT2D eigenvalue weighted by molar-refractivity contribution is 7.99. The Hall–Kier alpha value is -1.40. The monoisotopic (exact) mass is 249 g/mol. The van der Waals surface area contributed by atoms with Crippen molar-refractivity contribution in [2.24, 2.45) is 12.8 Å². The van der Waals surface area contributed by atoms with Gasteiger partial charge in [-0.25, -0.2) is 9.67 Å². The van der Waals surface area contributed by atoms with E-state index in [4.69, 9.17) is 5.73 Å². The lowest BCUT2D eigenvalue weighted by molar-refractivity contribution is 0.671. The van der Waals surface area contributed by atoms with Crippen LogP contribution in [0.25, 0.3) is 0 Å². The average molecular weight is 249 g/mol. The molecule has 0 aromatic carbocycles. The number of nitrogens with two attached hydrogens (primary N) is 1. The molecule has 0 aliphatic heterocycles. The summed E-state index contributed by atoms with van der Waals surface area (Å²) < 4.78 is 1.75. The molecule has 0 saturated heterocycles. The summed E-state index contributed by atoms with van der Waals surface area (Å²) in [5.41, 5.74) is 7.14. The fraction of sp³-hybridized carbons (Fsp3) is 0.364. The van der Waals surface area contributed by atoms with Crippen LogP contribution in [0.1, 0.15) is 17.7 Å². The predicted molar refractivity (Wildman–Crippen MR) is 67.5 cm³/mol. The summed E-state index contributed by atoms with van der Waals surface area (Å²) in [6.45, 7) is 1.99. The molecule has 90 valence electrons. The van der Waals surface area contributed by atoms with Crippen LogP contribution in [0.15, 0.2) is 36.0 Å². The van der Waals surface area contributed by atoms with Crippen molar-refractivity contribution in [3.63, 3.8) is 0 Å². The van der Waals surface area contributed by atoms with Gasteiger partial charge in [0.2, 0.25) is 0 Å². The highest BCUT2D eigenvalue weighted by Crippen LogP contribution is 2.35. The average Bonchev–Trinajstić information content (AvgIpc) is 2.72. The van der Waals surface area contributed by atoms with Crippen LogP contribution >= 0.6 is 11.8 Å². The third-order valence-electron chi connectivity index (χ3n) is 2.39. The summed E-state index contributed by atoms with van der Waals surface area (Å²) >= 11 is 1.61. The number of aromatic nitrogens is 4. The molecule has 0 amide bonds. The molecule has 0 radical (unpaired) electrons. The molecule has 17 heavy (non-hydrogen) atoms. The summed E-state index contributed by atoms with van der Waals surface area (Å²) in [5, 5.41) is 5.04. The smallest absolute Gasteiger partial charge is 0.186 e. The van der Waals surface area contributed by atoms with Crippen LogP contribution in [0.4, 0.5) is 0 Å². The Kier molecular flexibility index (Phi) is 3.75. The molecule has 0 saturated carbocycles. The van der Waals surface area contributed by atoms with Crippen molar-refractivity contribution in [2.75, 3.05) is 0 Å². The van der Waals surface area contributed by atoms with Crippen LogP contribution in [-0.2, 0) is 7.05 Å². The normalized spacial score (nSPS) is 14.5. The molecule has 0 bridgehead atoms. The number of rotatable bonds is 4. The lowest BCUT2D eigenvalue weighted by Crippen LogP contribution is -2.23. The first-order valence-electron chi connectivity index (χ1n) is 5.34. The van der Waals surface area contributed by atoms with Gasteiger partial charge in [0.25, 0.3) is 0 Å². The fourth-order valence-electron chi connectivity index (χ4n) is 1.53. The van der Waals surface area contributed by atoms with E-state index in [1.807, 2.05) is 32.3 Å². The van der Waals surface area contributed by atoms with Gasteiger partial charge in [-0.1, -0.05) is 17.8 Å². The minimum atomic E-state index is 0.0147. The first kappa shape index (κ1) is 12.1. The van der Waals surface area contributed by atoms with Gasteiger partial charge in [0.1, 0.15) is 6.33 Å². The number of nitrogens with zero attached hydrogens (tertiary/aromatic N) is 4. The molecule has 0 spiro atoms. The molecule has 0 aliphatic rings. The number of hydrogen-bond donors (Lipinski definition) is 1. The van der Waals surface area contributed by atoms with Crippen LogP contribution in [0.3, 0.4) is 0 Å². The first-order chi connectivity index (χ1) is 8.18. The van der Waals surface area contributed by atoms with Gasteiger partial charge in [0, 0.05) is 25.5 Å². The Morgan fingerprint density at radius 3 is 2.82 bits per heavy atom. The van der Waals surface area contributed by atoms with E-state index in [1.165, 1.54) is 0 Å². The van der Waals surface area contributed by atoms with Gasteiger partial charge in [-0.15, -0.1) is 0 Å². The summed E-state index contributed by atoms with van der Waals surface area (Å²) in [6.07, 6.45) is 5.15. The van der Waals surface area contributed by atoms with Gasteiger partial charge in [-0.05, 0) is 18.6 Å². The van der Waals surface area contributed by atoms with E-state index in [0.29, 0.717) is 0 Å². The molecule has 2 aromatic rings.